The molecule has 1 spiro atoms. The van der Waals surface area contributed by atoms with Gasteiger partial charge in [-0.15, -0.1) is 0 Å². The summed E-state index contributed by atoms with van der Waals surface area (Å²) in [5.74, 6) is -3.20. The zero-order chi connectivity index (χ0) is 22.8. The number of imide groups is 1. The molecule has 1 N–H and O–H groups in total. The Morgan fingerprint density at radius 1 is 1.03 bits per heavy atom. The molecule has 0 radical (unpaired) electrons. The Kier molecular flexibility index (Phi) is 6.28. The van der Waals surface area contributed by atoms with Gasteiger partial charge in [-0.25, -0.2) is 4.79 Å². The van der Waals surface area contributed by atoms with E-state index in [9.17, 15) is 24.0 Å². The Morgan fingerprint density at radius 2 is 1.68 bits per heavy atom. The summed E-state index contributed by atoms with van der Waals surface area (Å²) < 4.78 is 15.8. The average Bonchev–Trinajstić information content (AvgIpc) is 3.09. The first kappa shape index (κ1) is 22.3. The number of urea groups is 1. The van der Waals surface area contributed by atoms with Crippen molar-refractivity contribution in [2.24, 2.45) is 5.92 Å². The van der Waals surface area contributed by atoms with Gasteiger partial charge in [-0.05, 0) is 12.0 Å². The number of carbonyl (C=O) groups excluding carboxylic acids is 5. The maximum absolute atomic E-state index is 13.5. The SMILES string of the molecule is CC(=O)OC[C@H]1C[C@@]2(NC(=O)N(Cc3ccccc3)C2=O)[C@H](OC(C)=O)[C@@H]1OC(C)=O. The van der Waals surface area contributed by atoms with Crippen molar-refractivity contribution in [2.45, 2.75) is 51.5 Å². The topological polar surface area (TPSA) is 128 Å². The largest absolute Gasteiger partial charge is 0.465 e. The smallest absolute Gasteiger partial charge is 0.325 e. The van der Waals surface area contributed by atoms with E-state index in [-0.39, 0.29) is 19.6 Å². The number of carbonyl (C=O) groups is 5. The first-order valence-electron chi connectivity index (χ1n) is 9.80. The second-order valence-corrected chi connectivity index (χ2v) is 7.65. The average molecular weight is 432 g/mol. The van der Waals surface area contributed by atoms with Gasteiger partial charge in [0.25, 0.3) is 5.91 Å². The van der Waals surface area contributed by atoms with Gasteiger partial charge in [0.15, 0.2) is 11.6 Å². The van der Waals surface area contributed by atoms with Gasteiger partial charge in [0.2, 0.25) is 0 Å². The predicted molar refractivity (Wildman–Crippen MR) is 104 cm³/mol. The summed E-state index contributed by atoms with van der Waals surface area (Å²) >= 11 is 0. The van der Waals surface area contributed by atoms with E-state index < -0.39 is 53.5 Å². The van der Waals surface area contributed by atoms with E-state index in [4.69, 9.17) is 14.2 Å². The van der Waals surface area contributed by atoms with Gasteiger partial charge in [-0.1, -0.05) is 30.3 Å². The summed E-state index contributed by atoms with van der Waals surface area (Å²) in [7, 11) is 0. The molecule has 1 saturated carbocycles. The molecule has 2 fully saturated rings. The monoisotopic (exact) mass is 432 g/mol. The van der Waals surface area contributed by atoms with Gasteiger partial charge in [-0.2, -0.15) is 0 Å². The van der Waals surface area contributed by atoms with Crippen LogP contribution < -0.4 is 5.32 Å². The molecule has 1 aromatic carbocycles. The fraction of sp³-hybridized carbons (Fsp3) is 0.476. The first-order valence-corrected chi connectivity index (χ1v) is 9.80. The van der Waals surface area contributed by atoms with Crippen LogP contribution in [0.5, 0.6) is 0 Å². The molecule has 3 amide bonds. The van der Waals surface area contributed by atoms with Crippen LogP contribution in [0.2, 0.25) is 0 Å². The molecule has 1 aliphatic heterocycles. The summed E-state index contributed by atoms with van der Waals surface area (Å²) in [5.41, 5.74) is -0.902. The van der Waals surface area contributed by atoms with E-state index in [1.54, 1.807) is 24.3 Å². The van der Waals surface area contributed by atoms with Crippen LogP contribution in [0.1, 0.15) is 32.8 Å². The highest BCUT2D eigenvalue weighted by Crippen LogP contribution is 2.43. The molecule has 0 bridgehead atoms. The van der Waals surface area contributed by atoms with Crippen LogP contribution in [-0.2, 0) is 39.9 Å². The molecule has 4 atom stereocenters. The molecule has 3 rings (SSSR count). The Labute approximate surface area is 178 Å². The van der Waals surface area contributed by atoms with Crippen molar-refractivity contribution in [1.29, 1.82) is 0 Å². The van der Waals surface area contributed by atoms with Crippen molar-refractivity contribution < 1.29 is 38.2 Å². The second-order valence-electron chi connectivity index (χ2n) is 7.65. The van der Waals surface area contributed by atoms with Gasteiger partial charge in [0.1, 0.15) is 6.10 Å². The third kappa shape index (κ3) is 4.52. The van der Waals surface area contributed by atoms with Crippen LogP contribution >= 0.6 is 0 Å². The van der Waals surface area contributed by atoms with Gasteiger partial charge >= 0.3 is 23.9 Å². The van der Waals surface area contributed by atoms with E-state index in [2.05, 4.69) is 5.32 Å². The molecule has 1 aromatic rings. The van der Waals surface area contributed by atoms with Gasteiger partial charge < -0.3 is 19.5 Å². The number of hydrogen-bond acceptors (Lipinski definition) is 8. The first-order chi connectivity index (χ1) is 14.6. The molecule has 0 unspecified atom stereocenters. The van der Waals surface area contributed by atoms with E-state index in [1.165, 1.54) is 13.8 Å². The number of benzene rings is 1. The summed E-state index contributed by atoms with van der Waals surface area (Å²) in [6.45, 7) is 3.40. The predicted octanol–water partition coefficient (Wildman–Crippen LogP) is 0.924. The maximum atomic E-state index is 13.5. The summed E-state index contributed by atoms with van der Waals surface area (Å²) in [6.07, 6.45) is -2.39. The Balaban J connectivity index is 1.95. The molecule has 10 nitrogen and oxygen atoms in total. The molecule has 1 heterocycles. The minimum Gasteiger partial charge on any atom is -0.465 e. The van der Waals surface area contributed by atoms with Crippen molar-refractivity contribution in [3.8, 4) is 0 Å². The molecule has 1 aliphatic carbocycles. The fourth-order valence-corrected chi connectivity index (χ4v) is 4.13. The Bertz CT molecular complexity index is 902. The third-order valence-electron chi connectivity index (χ3n) is 5.31. The molecular formula is C21H24N2O8. The molecule has 166 valence electrons. The summed E-state index contributed by atoms with van der Waals surface area (Å²) in [6, 6.07) is 8.28. The third-order valence-corrected chi connectivity index (χ3v) is 5.31. The normalized spacial score (nSPS) is 27.2. The van der Waals surface area contributed by atoms with Crippen LogP contribution in [0, 0.1) is 5.92 Å². The van der Waals surface area contributed by atoms with Crippen LogP contribution in [0.15, 0.2) is 30.3 Å². The van der Waals surface area contributed by atoms with E-state index in [1.807, 2.05) is 6.07 Å². The Hall–Kier alpha value is -3.43. The number of amides is 3. The zero-order valence-corrected chi connectivity index (χ0v) is 17.5. The standard InChI is InChI=1S/C21H24N2O8/c1-12(24)29-11-16-9-21(18(31-14(3)26)17(16)30-13(2)25)19(27)23(20(28)22-21)10-15-7-5-4-6-8-15/h4-8,16-18H,9-11H2,1-3H3,(H,22,28)/t16-,17-,18-,21-/m1/s1. The minimum absolute atomic E-state index is 0.0207. The van der Waals surface area contributed by atoms with Crippen LogP contribution in [0.25, 0.3) is 0 Å². The quantitative estimate of drug-likeness (QED) is 0.399. The highest BCUT2D eigenvalue weighted by Gasteiger charge is 2.67. The number of esters is 3. The second kappa shape index (κ2) is 8.75. The van der Waals surface area contributed by atoms with Gasteiger partial charge in [0, 0.05) is 26.7 Å². The van der Waals surface area contributed by atoms with E-state index in [0.717, 1.165) is 17.4 Å². The Morgan fingerprint density at radius 3 is 2.26 bits per heavy atom. The lowest BCUT2D eigenvalue weighted by Gasteiger charge is -2.30. The zero-order valence-electron chi connectivity index (χ0n) is 17.5. The van der Waals surface area contributed by atoms with Crippen molar-refractivity contribution >= 4 is 29.8 Å². The highest BCUT2D eigenvalue weighted by atomic mass is 16.6. The number of nitrogens with zero attached hydrogens (tertiary/aromatic N) is 1. The van der Waals surface area contributed by atoms with Gasteiger partial charge in [-0.3, -0.25) is 24.1 Å². The summed E-state index contributed by atoms with van der Waals surface area (Å²) in [5, 5.41) is 2.65. The molecule has 10 heteroatoms. The van der Waals surface area contributed by atoms with E-state index in [0.29, 0.717) is 0 Å². The lowest BCUT2D eigenvalue weighted by atomic mass is 9.93. The lowest BCUT2D eigenvalue weighted by molar-refractivity contribution is -0.171. The fourth-order valence-electron chi connectivity index (χ4n) is 4.13. The molecule has 0 aromatic heterocycles. The number of rotatable bonds is 6. The number of ether oxygens (including phenoxy) is 3. The summed E-state index contributed by atoms with van der Waals surface area (Å²) in [4.78, 5) is 62.1. The van der Waals surface area contributed by atoms with Crippen molar-refractivity contribution in [2.75, 3.05) is 6.61 Å². The van der Waals surface area contributed by atoms with Crippen molar-refractivity contribution in [3.63, 3.8) is 0 Å². The maximum Gasteiger partial charge on any atom is 0.325 e. The highest BCUT2D eigenvalue weighted by molar-refractivity contribution is 6.08. The number of nitrogens with one attached hydrogen (secondary N) is 1. The van der Waals surface area contributed by atoms with Crippen molar-refractivity contribution in [3.05, 3.63) is 35.9 Å². The van der Waals surface area contributed by atoms with Gasteiger partial charge in [0.05, 0.1) is 13.2 Å². The van der Waals surface area contributed by atoms with Crippen LogP contribution in [-0.4, -0.2) is 59.1 Å². The van der Waals surface area contributed by atoms with Crippen LogP contribution in [0.3, 0.4) is 0 Å². The number of hydrogen-bond donors (Lipinski definition) is 1. The minimum atomic E-state index is -1.64. The molecule has 2 aliphatic rings. The molecular weight excluding hydrogens is 408 g/mol. The van der Waals surface area contributed by atoms with Crippen LogP contribution in [0.4, 0.5) is 4.79 Å². The lowest BCUT2D eigenvalue weighted by Crippen LogP contribution is -2.57. The molecule has 1 saturated heterocycles. The van der Waals surface area contributed by atoms with E-state index >= 15 is 0 Å². The van der Waals surface area contributed by atoms with Crippen molar-refractivity contribution in [1.82, 2.24) is 10.2 Å². The molecule has 31 heavy (non-hydrogen) atoms.